The lowest BCUT2D eigenvalue weighted by molar-refractivity contribution is 0.0643. The van der Waals surface area contributed by atoms with Gasteiger partial charge >= 0.3 is 0 Å². The van der Waals surface area contributed by atoms with E-state index in [1.807, 2.05) is 36.1 Å². The standard InChI is InChI=1S/C21H25N3O2/c1-3-23-10-12-24(13-11-23)21(26)18-8-5-7-17(15-18)20(25)22-19-9-4-6-16(2)14-19/h4-9,14-15H,3,10-13H2,1-2H3,(H,22,25). The number of rotatable bonds is 4. The van der Waals surface area contributed by atoms with Crippen LogP contribution in [0.25, 0.3) is 0 Å². The van der Waals surface area contributed by atoms with Gasteiger partial charge in [0.05, 0.1) is 0 Å². The Kier molecular flexibility index (Phi) is 5.68. The first kappa shape index (κ1) is 18.1. The molecule has 2 aromatic carbocycles. The van der Waals surface area contributed by atoms with Crippen LogP contribution in [0.5, 0.6) is 0 Å². The average Bonchev–Trinajstić information content (AvgIpc) is 2.67. The van der Waals surface area contributed by atoms with E-state index < -0.39 is 0 Å². The van der Waals surface area contributed by atoms with E-state index in [4.69, 9.17) is 0 Å². The lowest BCUT2D eigenvalue weighted by Gasteiger charge is -2.34. The predicted molar refractivity (Wildman–Crippen MR) is 104 cm³/mol. The van der Waals surface area contributed by atoms with E-state index in [0.717, 1.165) is 44.0 Å². The topological polar surface area (TPSA) is 52.7 Å². The summed E-state index contributed by atoms with van der Waals surface area (Å²) in [5.41, 5.74) is 2.89. The van der Waals surface area contributed by atoms with Gasteiger partial charge in [-0.2, -0.15) is 0 Å². The lowest BCUT2D eigenvalue weighted by Crippen LogP contribution is -2.48. The van der Waals surface area contributed by atoms with Gasteiger partial charge in [0.2, 0.25) is 0 Å². The predicted octanol–water partition coefficient (Wildman–Crippen LogP) is 3.03. The van der Waals surface area contributed by atoms with Gasteiger partial charge in [0.25, 0.3) is 11.8 Å². The molecule has 1 fully saturated rings. The van der Waals surface area contributed by atoms with Crippen molar-refractivity contribution in [1.29, 1.82) is 0 Å². The molecular formula is C21H25N3O2. The Morgan fingerprint density at radius 1 is 0.962 bits per heavy atom. The number of carbonyl (C=O) groups excluding carboxylic acids is 2. The third kappa shape index (κ3) is 4.29. The summed E-state index contributed by atoms with van der Waals surface area (Å²) in [5, 5.41) is 2.89. The molecule has 2 aromatic rings. The Bertz CT molecular complexity index is 795. The molecule has 0 bridgehead atoms. The minimum atomic E-state index is -0.207. The van der Waals surface area contributed by atoms with Gasteiger partial charge in [-0.25, -0.2) is 0 Å². The Balaban J connectivity index is 1.69. The van der Waals surface area contributed by atoms with Gasteiger partial charge in [-0.15, -0.1) is 0 Å². The largest absolute Gasteiger partial charge is 0.336 e. The minimum Gasteiger partial charge on any atom is -0.336 e. The van der Waals surface area contributed by atoms with Crippen LogP contribution in [-0.4, -0.2) is 54.3 Å². The van der Waals surface area contributed by atoms with Crippen LogP contribution in [0.4, 0.5) is 5.69 Å². The normalized spacial score (nSPS) is 14.9. The van der Waals surface area contributed by atoms with E-state index in [0.29, 0.717) is 11.1 Å². The molecule has 2 amide bonds. The summed E-state index contributed by atoms with van der Waals surface area (Å²) >= 11 is 0. The third-order valence-corrected chi connectivity index (χ3v) is 4.75. The van der Waals surface area contributed by atoms with Crippen LogP contribution in [0.15, 0.2) is 48.5 Å². The molecule has 136 valence electrons. The number of hydrogen-bond acceptors (Lipinski definition) is 3. The van der Waals surface area contributed by atoms with Crippen molar-refractivity contribution in [3.8, 4) is 0 Å². The second kappa shape index (κ2) is 8.15. The molecule has 1 aliphatic heterocycles. The van der Waals surface area contributed by atoms with Crippen LogP contribution >= 0.6 is 0 Å². The van der Waals surface area contributed by atoms with Crippen molar-refractivity contribution >= 4 is 17.5 Å². The van der Waals surface area contributed by atoms with E-state index in [9.17, 15) is 9.59 Å². The van der Waals surface area contributed by atoms with Gasteiger partial charge in [-0.3, -0.25) is 9.59 Å². The van der Waals surface area contributed by atoms with Crippen LogP contribution in [0.2, 0.25) is 0 Å². The highest BCUT2D eigenvalue weighted by atomic mass is 16.2. The molecule has 0 unspecified atom stereocenters. The number of piperazine rings is 1. The summed E-state index contributed by atoms with van der Waals surface area (Å²) in [7, 11) is 0. The number of benzene rings is 2. The van der Waals surface area contributed by atoms with Crippen molar-refractivity contribution in [3.05, 3.63) is 65.2 Å². The van der Waals surface area contributed by atoms with E-state index in [2.05, 4.69) is 17.1 Å². The van der Waals surface area contributed by atoms with Crippen molar-refractivity contribution in [2.75, 3.05) is 38.0 Å². The number of nitrogens with one attached hydrogen (secondary N) is 1. The third-order valence-electron chi connectivity index (χ3n) is 4.75. The fraction of sp³-hybridized carbons (Fsp3) is 0.333. The highest BCUT2D eigenvalue weighted by Crippen LogP contribution is 2.14. The summed E-state index contributed by atoms with van der Waals surface area (Å²) in [6, 6.07) is 14.6. The van der Waals surface area contributed by atoms with Crippen molar-refractivity contribution in [1.82, 2.24) is 9.80 Å². The molecule has 0 atom stereocenters. The maximum absolute atomic E-state index is 12.7. The summed E-state index contributed by atoms with van der Waals surface area (Å²) in [5.74, 6) is -0.216. The number of hydrogen-bond donors (Lipinski definition) is 1. The van der Waals surface area contributed by atoms with Gasteiger partial charge in [0, 0.05) is 43.0 Å². The second-order valence-corrected chi connectivity index (χ2v) is 6.63. The molecule has 1 N–H and O–H groups in total. The number of anilines is 1. The van der Waals surface area contributed by atoms with Gasteiger partial charge in [-0.05, 0) is 49.4 Å². The molecule has 0 radical (unpaired) electrons. The highest BCUT2D eigenvalue weighted by Gasteiger charge is 2.22. The average molecular weight is 351 g/mol. The van der Waals surface area contributed by atoms with Crippen LogP contribution < -0.4 is 5.32 Å². The van der Waals surface area contributed by atoms with E-state index >= 15 is 0 Å². The minimum absolute atomic E-state index is 0.00837. The monoisotopic (exact) mass is 351 g/mol. The fourth-order valence-corrected chi connectivity index (χ4v) is 3.17. The zero-order chi connectivity index (χ0) is 18.5. The molecule has 5 nitrogen and oxygen atoms in total. The van der Waals surface area contributed by atoms with Crippen LogP contribution in [0, 0.1) is 6.92 Å². The zero-order valence-electron chi connectivity index (χ0n) is 15.4. The summed E-state index contributed by atoms with van der Waals surface area (Å²) in [6.45, 7) is 8.38. The summed E-state index contributed by atoms with van der Waals surface area (Å²) < 4.78 is 0. The smallest absolute Gasteiger partial charge is 0.255 e. The molecule has 1 heterocycles. The molecular weight excluding hydrogens is 326 g/mol. The van der Waals surface area contributed by atoms with Crippen molar-refractivity contribution in [2.45, 2.75) is 13.8 Å². The Hall–Kier alpha value is -2.66. The number of nitrogens with zero attached hydrogens (tertiary/aromatic N) is 2. The SMILES string of the molecule is CCN1CCN(C(=O)c2cccc(C(=O)Nc3cccc(C)c3)c2)CC1. The molecule has 1 aliphatic rings. The first-order valence-corrected chi connectivity index (χ1v) is 9.06. The van der Waals surface area contributed by atoms with E-state index in [1.54, 1.807) is 24.3 Å². The number of likely N-dealkylation sites (N-methyl/N-ethyl adjacent to an activating group) is 1. The van der Waals surface area contributed by atoms with E-state index in [1.165, 1.54) is 0 Å². The van der Waals surface area contributed by atoms with Crippen molar-refractivity contribution in [2.24, 2.45) is 0 Å². The van der Waals surface area contributed by atoms with Crippen molar-refractivity contribution < 1.29 is 9.59 Å². The van der Waals surface area contributed by atoms with Crippen LogP contribution in [0.1, 0.15) is 33.2 Å². The molecule has 1 saturated heterocycles. The molecule has 0 aliphatic carbocycles. The molecule has 0 aromatic heterocycles. The number of amides is 2. The zero-order valence-corrected chi connectivity index (χ0v) is 15.4. The second-order valence-electron chi connectivity index (χ2n) is 6.63. The first-order chi connectivity index (χ1) is 12.6. The Labute approximate surface area is 154 Å². The summed E-state index contributed by atoms with van der Waals surface area (Å²) in [4.78, 5) is 29.5. The first-order valence-electron chi connectivity index (χ1n) is 9.06. The number of carbonyl (C=O) groups is 2. The Morgan fingerprint density at radius 3 is 2.35 bits per heavy atom. The van der Waals surface area contributed by atoms with E-state index in [-0.39, 0.29) is 11.8 Å². The maximum Gasteiger partial charge on any atom is 0.255 e. The van der Waals surface area contributed by atoms with Crippen LogP contribution in [-0.2, 0) is 0 Å². The van der Waals surface area contributed by atoms with Gasteiger partial charge in [0.15, 0.2) is 0 Å². The number of aryl methyl sites for hydroxylation is 1. The molecule has 0 spiro atoms. The van der Waals surface area contributed by atoms with Gasteiger partial charge < -0.3 is 15.1 Å². The Morgan fingerprint density at radius 2 is 1.65 bits per heavy atom. The maximum atomic E-state index is 12.7. The van der Waals surface area contributed by atoms with Gasteiger partial charge in [0.1, 0.15) is 0 Å². The molecule has 5 heteroatoms. The van der Waals surface area contributed by atoms with Gasteiger partial charge in [-0.1, -0.05) is 25.1 Å². The lowest BCUT2D eigenvalue weighted by atomic mass is 10.1. The molecule has 26 heavy (non-hydrogen) atoms. The fourth-order valence-electron chi connectivity index (χ4n) is 3.17. The quantitative estimate of drug-likeness (QED) is 0.921. The molecule has 3 rings (SSSR count). The van der Waals surface area contributed by atoms with Crippen molar-refractivity contribution in [3.63, 3.8) is 0 Å². The molecule has 0 saturated carbocycles. The highest BCUT2D eigenvalue weighted by molar-refractivity contribution is 6.06. The summed E-state index contributed by atoms with van der Waals surface area (Å²) in [6.07, 6.45) is 0. The van der Waals surface area contributed by atoms with Crippen LogP contribution in [0.3, 0.4) is 0 Å².